The van der Waals surface area contributed by atoms with Crippen LogP contribution < -0.4 is 10.6 Å². The highest BCUT2D eigenvalue weighted by Crippen LogP contribution is 2.53. The van der Waals surface area contributed by atoms with E-state index >= 15 is 0 Å². The summed E-state index contributed by atoms with van der Waals surface area (Å²) in [6.07, 6.45) is 3.41. The minimum absolute atomic E-state index is 0.315. The van der Waals surface area contributed by atoms with Crippen LogP contribution in [-0.4, -0.2) is 41.5 Å². The predicted molar refractivity (Wildman–Crippen MR) is 117 cm³/mol. The standard InChI is InChI=1S/C24H31F3N4O2/c1-3-22(2,16-28)30-20(32)19(8-9-24(26,27)17-4-6-18(25)7-5-17)29-21(33)31-14-12-23(10-11-23)13-15-31/h4-7,19H,3,8-15H2,1-2H3,(H,29,33)(H,30,32)/t19-,22?/m0/s1. The lowest BCUT2D eigenvalue weighted by molar-refractivity contribution is -0.125. The number of rotatable bonds is 8. The Bertz CT molecular complexity index is 901. The van der Waals surface area contributed by atoms with Crippen LogP contribution in [-0.2, 0) is 10.7 Å². The van der Waals surface area contributed by atoms with Gasteiger partial charge in [-0.3, -0.25) is 4.79 Å². The molecule has 3 rings (SSSR count). The molecule has 1 saturated carbocycles. The van der Waals surface area contributed by atoms with E-state index in [9.17, 15) is 28.0 Å². The first-order valence-electron chi connectivity index (χ1n) is 11.4. The van der Waals surface area contributed by atoms with Gasteiger partial charge in [-0.1, -0.05) is 19.1 Å². The number of amides is 3. The summed E-state index contributed by atoms with van der Waals surface area (Å²) < 4.78 is 42.6. The maximum Gasteiger partial charge on any atom is 0.318 e. The largest absolute Gasteiger partial charge is 0.336 e. The summed E-state index contributed by atoms with van der Waals surface area (Å²) in [7, 11) is 0. The third-order valence-electron chi connectivity index (χ3n) is 7.05. The van der Waals surface area contributed by atoms with Crippen LogP contribution in [0.15, 0.2) is 24.3 Å². The number of nitriles is 1. The van der Waals surface area contributed by atoms with E-state index in [-0.39, 0.29) is 12.0 Å². The van der Waals surface area contributed by atoms with Gasteiger partial charge in [-0.2, -0.15) is 5.26 Å². The number of nitrogens with one attached hydrogen (secondary N) is 2. The fourth-order valence-corrected chi connectivity index (χ4v) is 4.09. The molecular weight excluding hydrogens is 433 g/mol. The molecule has 1 aromatic carbocycles. The zero-order chi connectivity index (χ0) is 24.3. The zero-order valence-electron chi connectivity index (χ0n) is 19.1. The number of hydrogen-bond donors (Lipinski definition) is 2. The normalized spacial score (nSPS) is 19.8. The highest BCUT2D eigenvalue weighted by Gasteiger charge is 2.45. The molecule has 1 aliphatic carbocycles. The van der Waals surface area contributed by atoms with E-state index in [4.69, 9.17) is 0 Å². The monoisotopic (exact) mass is 464 g/mol. The van der Waals surface area contributed by atoms with Crippen molar-refractivity contribution in [3.05, 3.63) is 35.6 Å². The molecule has 0 bridgehead atoms. The number of carbonyl (C=O) groups excluding carboxylic acids is 2. The minimum atomic E-state index is -3.32. The SMILES string of the molecule is CCC(C)(C#N)NC(=O)[C@H](CCC(F)(F)c1ccc(F)cc1)NC(=O)N1CCC2(CC1)CC2. The van der Waals surface area contributed by atoms with Gasteiger partial charge in [0.2, 0.25) is 5.91 Å². The van der Waals surface area contributed by atoms with E-state index < -0.39 is 41.7 Å². The van der Waals surface area contributed by atoms with Crippen molar-refractivity contribution in [2.45, 2.75) is 76.3 Å². The number of carbonyl (C=O) groups is 2. The van der Waals surface area contributed by atoms with Crippen molar-refractivity contribution in [1.82, 2.24) is 15.5 Å². The van der Waals surface area contributed by atoms with Crippen LogP contribution in [0.2, 0.25) is 0 Å². The van der Waals surface area contributed by atoms with Crippen LogP contribution in [0.5, 0.6) is 0 Å². The molecular formula is C24H31F3N4O2. The Morgan fingerprint density at radius 2 is 1.79 bits per heavy atom. The van der Waals surface area contributed by atoms with Crippen LogP contribution in [0.25, 0.3) is 0 Å². The first-order chi connectivity index (χ1) is 15.5. The fourth-order valence-electron chi connectivity index (χ4n) is 4.09. The summed E-state index contributed by atoms with van der Waals surface area (Å²) in [5.41, 5.74) is -1.18. The van der Waals surface area contributed by atoms with Crippen molar-refractivity contribution in [2.24, 2.45) is 5.41 Å². The average molecular weight is 465 g/mol. The third kappa shape index (κ3) is 6.18. The third-order valence-corrected chi connectivity index (χ3v) is 7.05. The molecule has 1 heterocycles. The maximum absolute atomic E-state index is 14.7. The van der Waals surface area contributed by atoms with Crippen LogP contribution >= 0.6 is 0 Å². The lowest BCUT2D eigenvalue weighted by atomic mass is 9.94. The number of likely N-dealkylation sites (tertiary alicyclic amines) is 1. The Morgan fingerprint density at radius 3 is 2.30 bits per heavy atom. The molecule has 9 heteroatoms. The molecule has 1 unspecified atom stereocenters. The van der Waals surface area contributed by atoms with Gasteiger partial charge >= 0.3 is 6.03 Å². The highest BCUT2D eigenvalue weighted by atomic mass is 19.3. The van der Waals surface area contributed by atoms with Gasteiger partial charge in [0.1, 0.15) is 17.4 Å². The lowest BCUT2D eigenvalue weighted by Crippen LogP contribution is -2.56. The number of piperidine rings is 1. The van der Waals surface area contributed by atoms with Gasteiger partial charge in [-0.15, -0.1) is 0 Å². The van der Waals surface area contributed by atoms with Gasteiger partial charge in [-0.05, 0) is 63.0 Å². The number of benzene rings is 1. The molecule has 6 nitrogen and oxygen atoms in total. The average Bonchev–Trinajstić information content (AvgIpc) is 3.55. The summed E-state index contributed by atoms with van der Waals surface area (Å²) >= 11 is 0. The summed E-state index contributed by atoms with van der Waals surface area (Å²) in [5, 5.41) is 14.6. The van der Waals surface area contributed by atoms with E-state index in [1.807, 2.05) is 6.07 Å². The summed E-state index contributed by atoms with van der Waals surface area (Å²) in [5.74, 6) is -4.62. The Balaban J connectivity index is 1.69. The van der Waals surface area contributed by atoms with E-state index in [1.165, 1.54) is 19.8 Å². The molecule has 180 valence electrons. The molecule has 1 aliphatic heterocycles. The van der Waals surface area contributed by atoms with Crippen molar-refractivity contribution < 1.29 is 22.8 Å². The molecule has 2 N–H and O–H groups in total. The van der Waals surface area contributed by atoms with Gasteiger partial charge in [0, 0.05) is 25.1 Å². The quantitative estimate of drug-likeness (QED) is 0.596. The Morgan fingerprint density at radius 1 is 1.18 bits per heavy atom. The number of nitrogens with zero attached hydrogens (tertiary/aromatic N) is 2. The number of alkyl halides is 2. The molecule has 1 spiro atoms. The second-order valence-electron chi connectivity index (χ2n) is 9.53. The van der Waals surface area contributed by atoms with Gasteiger partial charge < -0.3 is 15.5 Å². The summed E-state index contributed by atoms with van der Waals surface area (Å²) in [6, 6.07) is 4.24. The van der Waals surface area contributed by atoms with Crippen LogP contribution in [0.3, 0.4) is 0 Å². The molecule has 1 aromatic rings. The van der Waals surface area contributed by atoms with Crippen molar-refractivity contribution in [1.29, 1.82) is 5.26 Å². The van der Waals surface area contributed by atoms with Gasteiger partial charge in [-0.25, -0.2) is 18.0 Å². The zero-order valence-corrected chi connectivity index (χ0v) is 19.1. The van der Waals surface area contributed by atoms with Crippen LogP contribution in [0.4, 0.5) is 18.0 Å². The van der Waals surface area contributed by atoms with E-state index in [0.717, 1.165) is 37.1 Å². The topological polar surface area (TPSA) is 85.2 Å². The Labute approximate surface area is 192 Å². The molecule has 0 radical (unpaired) electrons. The Kier molecular flexibility index (Phi) is 7.25. The van der Waals surface area contributed by atoms with Gasteiger partial charge in [0.05, 0.1) is 6.07 Å². The molecule has 2 aliphatic rings. The van der Waals surface area contributed by atoms with E-state index in [1.54, 1.807) is 11.8 Å². The van der Waals surface area contributed by atoms with Crippen molar-refractivity contribution >= 4 is 11.9 Å². The second-order valence-corrected chi connectivity index (χ2v) is 9.53. The number of halogens is 3. The van der Waals surface area contributed by atoms with E-state index in [0.29, 0.717) is 24.9 Å². The molecule has 2 atom stereocenters. The first-order valence-corrected chi connectivity index (χ1v) is 11.4. The molecule has 3 amide bonds. The van der Waals surface area contributed by atoms with Crippen molar-refractivity contribution in [3.8, 4) is 6.07 Å². The van der Waals surface area contributed by atoms with E-state index in [2.05, 4.69) is 10.6 Å². The van der Waals surface area contributed by atoms with Crippen LogP contribution in [0.1, 0.15) is 64.4 Å². The molecule has 2 fully saturated rings. The predicted octanol–water partition coefficient (Wildman–Crippen LogP) is 4.46. The molecule has 33 heavy (non-hydrogen) atoms. The van der Waals surface area contributed by atoms with Crippen molar-refractivity contribution in [2.75, 3.05) is 13.1 Å². The Hall–Kier alpha value is -2.76. The minimum Gasteiger partial charge on any atom is -0.336 e. The van der Waals surface area contributed by atoms with Crippen LogP contribution in [0, 0.1) is 22.6 Å². The molecule has 0 aromatic heterocycles. The summed E-state index contributed by atoms with van der Waals surface area (Å²) in [6.45, 7) is 4.39. The second kappa shape index (κ2) is 9.62. The summed E-state index contributed by atoms with van der Waals surface area (Å²) in [4.78, 5) is 27.4. The highest BCUT2D eigenvalue weighted by molar-refractivity contribution is 5.87. The van der Waals surface area contributed by atoms with Gasteiger partial charge in [0.15, 0.2) is 0 Å². The molecule has 1 saturated heterocycles. The fraction of sp³-hybridized carbons (Fsp3) is 0.625. The number of urea groups is 1. The van der Waals surface area contributed by atoms with Crippen molar-refractivity contribution in [3.63, 3.8) is 0 Å². The van der Waals surface area contributed by atoms with Gasteiger partial charge in [0.25, 0.3) is 5.92 Å². The smallest absolute Gasteiger partial charge is 0.318 e. The first kappa shape index (κ1) is 24.9. The number of hydrogen-bond acceptors (Lipinski definition) is 3. The maximum atomic E-state index is 14.7. The lowest BCUT2D eigenvalue weighted by Gasteiger charge is -2.34.